The topological polar surface area (TPSA) is 29.3 Å². The van der Waals surface area contributed by atoms with Gasteiger partial charge in [-0.2, -0.15) is 0 Å². The van der Waals surface area contributed by atoms with Crippen molar-refractivity contribution >= 4 is 14.2 Å². The Kier molecular flexibility index (Phi) is 2.80. The van der Waals surface area contributed by atoms with Crippen LogP contribution in [-0.4, -0.2) is 37.0 Å². The lowest BCUT2D eigenvalue weighted by molar-refractivity contribution is -0.154. The van der Waals surface area contributed by atoms with E-state index in [0.29, 0.717) is 0 Å². The van der Waals surface area contributed by atoms with Crippen LogP contribution in [0.5, 0.6) is 0 Å². The van der Waals surface area contributed by atoms with Gasteiger partial charge in [-0.1, -0.05) is 19.6 Å². The van der Waals surface area contributed by atoms with Crippen LogP contribution in [0.1, 0.15) is 20.8 Å². The van der Waals surface area contributed by atoms with Gasteiger partial charge < -0.3 is 9.30 Å². The van der Waals surface area contributed by atoms with Gasteiger partial charge in [0, 0.05) is 6.54 Å². The maximum absolute atomic E-state index is 11.6. The highest BCUT2D eigenvalue weighted by Gasteiger charge is 2.49. The van der Waals surface area contributed by atoms with Crippen LogP contribution in [0.25, 0.3) is 0 Å². The molecule has 0 N–H and O–H groups in total. The number of rotatable bonds is 2. The highest BCUT2D eigenvalue weighted by atomic mass is 28.3. The van der Waals surface area contributed by atoms with E-state index in [4.69, 9.17) is 4.74 Å². The average molecular weight is 215 g/mol. The summed E-state index contributed by atoms with van der Waals surface area (Å²) in [5, 5.41) is 0. The van der Waals surface area contributed by atoms with E-state index in [-0.39, 0.29) is 17.6 Å². The van der Waals surface area contributed by atoms with Crippen LogP contribution in [0.4, 0.5) is 0 Å². The molecule has 3 nitrogen and oxygen atoms in total. The van der Waals surface area contributed by atoms with Gasteiger partial charge >= 0.3 is 5.97 Å². The summed E-state index contributed by atoms with van der Waals surface area (Å²) in [4.78, 5) is 11.6. The van der Waals surface area contributed by atoms with Crippen LogP contribution in [-0.2, 0) is 9.53 Å². The number of hydrogen-bond donors (Lipinski definition) is 0. The molecular weight excluding hydrogens is 194 g/mol. The summed E-state index contributed by atoms with van der Waals surface area (Å²) < 4.78 is 7.61. The molecule has 1 saturated heterocycles. The summed E-state index contributed by atoms with van der Waals surface area (Å²) in [5.41, 5.74) is -0.356. The van der Waals surface area contributed by atoms with E-state index in [9.17, 15) is 4.79 Å². The first kappa shape index (κ1) is 11.7. The molecule has 2 atom stereocenters. The van der Waals surface area contributed by atoms with Crippen LogP contribution >= 0.6 is 0 Å². The van der Waals surface area contributed by atoms with Crippen molar-refractivity contribution in [2.45, 2.75) is 52.1 Å². The Morgan fingerprint density at radius 2 is 1.86 bits per heavy atom. The molecule has 0 aromatic heterocycles. The van der Waals surface area contributed by atoms with Gasteiger partial charge in [0.2, 0.25) is 0 Å². The molecule has 0 radical (unpaired) electrons. The van der Waals surface area contributed by atoms with Crippen molar-refractivity contribution in [2.75, 3.05) is 6.54 Å². The first-order valence-electron chi connectivity index (χ1n) is 5.11. The van der Waals surface area contributed by atoms with Crippen molar-refractivity contribution in [3.8, 4) is 0 Å². The minimum absolute atomic E-state index is 0.0425. The van der Waals surface area contributed by atoms with E-state index in [1.54, 1.807) is 0 Å². The molecule has 14 heavy (non-hydrogen) atoms. The average Bonchev–Trinajstić information content (AvgIpc) is 2.55. The minimum Gasteiger partial charge on any atom is -0.459 e. The van der Waals surface area contributed by atoms with Crippen LogP contribution in [0.2, 0.25) is 19.6 Å². The quantitative estimate of drug-likeness (QED) is 0.400. The fraction of sp³-hybridized carbons (Fsp3) is 0.900. The lowest BCUT2D eigenvalue weighted by Gasteiger charge is -2.22. The summed E-state index contributed by atoms with van der Waals surface area (Å²) in [7, 11) is -1.29. The van der Waals surface area contributed by atoms with Crippen molar-refractivity contribution in [2.24, 2.45) is 0 Å². The highest BCUT2D eigenvalue weighted by Crippen LogP contribution is 2.28. The molecule has 0 aromatic carbocycles. The predicted molar refractivity (Wildman–Crippen MR) is 59.7 cm³/mol. The zero-order valence-electron chi connectivity index (χ0n) is 10.0. The van der Waals surface area contributed by atoms with Gasteiger partial charge in [0.05, 0.1) is 0 Å². The molecule has 1 aliphatic heterocycles. The fourth-order valence-corrected chi connectivity index (χ4v) is 3.21. The standard InChI is InChI=1S/C10H21NO2Si/c1-10(2,3)13-9(12)8-7-11(8)14(4,5)6/h8H,7H2,1-6H3. The van der Waals surface area contributed by atoms with Crippen molar-refractivity contribution in [3.05, 3.63) is 0 Å². The Labute approximate surface area is 87.5 Å². The smallest absolute Gasteiger partial charge is 0.324 e. The molecular formula is C10H21NO2Si. The highest BCUT2D eigenvalue weighted by molar-refractivity contribution is 6.74. The third-order valence-corrected chi connectivity index (χ3v) is 4.37. The maximum atomic E-state index is 11.6. The Hall–Kier alpha value is -0.353. The fourth-order valence-electron chi connectivity index (χ4n) is 1.45. The SMILES string of the molecule is CC(C)(C)OC(=O)C1CN1[Si](C)(C)C. The van der Waals surface area contributed by atoms with E-state index in [0.717, 1.165) is 6.54 Å². The van der Waals surface area contributed by atoms with Crippen molar-refractivity contribution < 1.29 is 9.53 Å². The van der Waals surface area contributed by atoms with Crippen molar-refractivity contribution in [3.63, 3.8) is 0 Å². The second-order valence-corrected chi connectivity index (χ2v) is 10.8. The monoisotopic (exact) mass is 215 g/mol. The lowest BCUT2D eigenvalue weighted by Crippen LogP contribution is -2.37. The second kappa shape index (κ2) is 3.34. The predicted octanol–water partition coefficient (Wildman–Crippen LogP) is 1.85. The Balaban J connectivity index is 2.45. The zero-order chi connectivity index (χ0) is 11.1. The first-order valence-corrected chi connectivity index (χ1v) is 8.55. The van der Waals surface area contributed by atoms with Gasteiger partial charge in [-0.05, 0) is 20.8 Å². The minimum atomic E-state index is -1.29. The molecule has 0 amide bonds. The molecule has 0 aromatic rings. The van der Waals surface area contributed by atoms with E-state index in [1.807, 2.05) is 20.8 Å². The van der Waals surface area contributed by atoms with E-state index in [2.05, 4.69) is 24.2 Å². The normalized spacial score (nSPS) is 27.3. The summed E-state index contributed by atoms with van der Waals surface area (Å²) in [6.45, 7) is 13.4. The molecule has 0 saturated carbocycles. The molecule has 0 aliphatic carbocycles. The maximum Gasteiger partial charge on any atom is 0.324 e. The molecule has 4 heteroatoms. The van der Waals surface area contributed by atoms with Gasteiger partial charge in [-0.15, -0.1) is 0 Å². The Morgan fingerprint density at radius 1 is 1.36 bits per heavy atom. The zero-order valence-corrected chi connectivity index (χ0v) is 11.0. The van der Waals surface area contributed by atoms with Crippen LogP contribution < -0.4 is 0 Å². The molecule has 1 heterocycles. The second-order valence-electron chi connectivity index (χ2n) is 5.87. The molecule has 1 rings (SSSR count). The van der Waals surface area contributed by atoms with Gasteiger partial charge in [0.1, 0.15) is 19.9 Å². The van der Waals surface area contributed by atoms with Crippen LogP contribution in [0.15, 0.2) is 0 Å². The molecule has 1 aliphatic rings. The Bertz CT molecular complexity index is 239. The largest absolute Gasteiger partial charge is 0.459 e. The third kappa shape index (κ3) is 3.10. The molecule has 0 spiro atoms. The van der Waals surface area contributed by atoms with E-state index >= 15 is 0 Å². The van der Waals surface area contributed by atoms with Crippen LogP contribution in [0, 0.1) is 0 Å². The number of esters is 1. The summed E-state index contributed by atoms with van der Waals surface area (Å²) in [6.07, 6.45) is 0. The summed E-state index contributed by atoms with van der Waals surface area (Å²) >= 11 is 0. The third-order valence-electron chi connectivity index (χ3n) is 2.15. The van der Waals surface area contributed by atoms with Crippen molar-refractivity contribution in [1.82, 2.24) is 4.57 Å². The molecule has 0 bridgehead atoms. The summed E-state index contributed by atoms with van der Waals surface area (Å²) in [6, 6.07) is 0.0425. The van der Waals surface area contributed by atoms with E-state index < -0.39 is 8.24 Å². The number of nitrogens with zero attached hydrogens (tertiary/aromatic N) is 1. The molecule has 1 fully saturated rings. The molecule has 2 unspecified atom stereocenters. The molecule has 82 valence electrons. The Morgan fingerprint density at radius 3 is 2.14 bits per heavy atom. The van der Waals surface area contributed by atoms with Gasteiger partial charge in [0.25, 0.3) is 0 Å². The number of ether oxygens (including phenoxy) is 1. The van der Waals surface area contributed by atoms with E-state index in [1.165, 1.54) is 0 Å². The lowest BCUT2D eigenvalue weighted by atomic mass is 10.2. The first-order chi connectivity index (χ1) is 6.11. The number of carbonyl (C=O) groups excluding carboxylic acids is 1. The number of hydrogen-bond acceptors (Lipinski definition) is 3. The van der Waals surface area contributed by atoms with Crippen molar-refractivity contribution in [1.29, 1.82) is 0 Å². The summed E-state index contributed by atoms with van der Waals surface area (Å²) in [5.74, 6) is -0.0556. The van der Waals surface area contributed by atoms with Gasteiger partial charge in [-0.3, -0.25) is 4.79 Å². The number of carbonyl (C=O) groups is 1. The van der Waals surface area contributed by atoms with Crippen LogP contribution in [0.3, 0.4) is 0 Å². The van der Waals surface area contributed by atoms with Gasteiger partial charge in [0.15, 0.2) is 0 Å². The van der Waals surface area contributed by atoms with Gasteiger partial charge in [-0.25, -0.2) is 0 Å².